The van der Waals surface area contributed by atoms with E-state index < -0.39 is 21.4 Å². The molecule has 4 heterocycles. The first-order valence-corrected chi connectivity index (χ1v) is 14.3. The van der Waals surface area contributed by atoms with Gasteiger partial charge < -0.3 is 20.6 Å². The third-order valence-corrected chi connectivity index (χ3v) is 9.77. The minimum absolute atomic E-state index is 0.315. The molecule has 1 aromatic carbocycles. The standard InChI is InChI=1S/C25H34N6O4S/c32-17-25(10-11-25)36(34,35)30-19-5-6-20-21(16-19)31-14-8-18(9-15-31)4-2-1-3-12-26-24-27-13-7-22(29-24)28-23(20)33/h5-7,13,16,18,30,32H,1-4,8-12,14-15,17H2,(H2,26,27,28,29,33). The Hall–Kier alpha value is -2.92. The van der Waals surface area contributed by atoms with Gasteiger partial charge in [-0.2, -0.15) is 4.98 Å². The zero-order valence-corrected chi connectivity index (χ0v) is 21.2. The molecule has 10 nitrogen and oxygen atoms in total. The highest BCUT2D eigenvalue weighted by atomic mass is 32.2. The number of piperidine rings is 1. The summed E-state index contributed by atoms with van der Waals surface area (Å²) in [6, 6.07) is 6.64. The lowest BCUT2D eigenvalue weighted by molar-refractivity contribution is 0.102. The van der Waals surface area contributed by atoms with Crippen LogP contribution in [0.3, 0.4) is 0 Å². The second-order valence-corrected chi connectivity index (χ2v) is 12.2. The van der Waals surface area contributed by atoms with Crippen molar-refractivity contribution in [3.8, 4) is 0 Å². The maximum Gasteiger partial charge on any atom is 0.258 e. The van der Waals surface area contributed by atoms with Gasteiger partial charge in [-0.3, -0.25) is 9.52 Å². The van der Waals surface area contributed by atoms with E-state index in [1.54, 1.807) is 30.5 Å². The quantitative estimate of drug-likeness (QED) is 0.488. The number of carbonyl (C=O) groups excluding carboxylic acids is 1. The highest BCUT2D eigenvalue weighted by Gasteiger charge is 2.54. The Morgan fingerprint density at radius 3 is 2.67 bits per heavy atom. The molecular formula is C25H34N6O4S. The maximum atomic E-state index is 13.4. The first-order chi connectivity index (χ1) is 17.4. The molecule has 2 fully saturated rings. The lowest BCUT2D eigenvalue weighted by atomic mass is 9.90. The third kappa shape index (κ3) is 5.27. The van der Waals surface area contributed by atoms with Crippen LogP contribution in [0.5, 0.6) is 0 Å². The SMILES string of the molecule is O=C1Nc2ccnc(n2)NCCCCCC2CCN(CC2)c2cc(NS(=O)(=O)C3(CO)CC3)ccc21. The molecule has 4 bridgehead atoms. The van der Waals surface area contributed by atoms with Crippen molar-refractivity contribution < 1.29 is 18.3 Å². The smallest absolute Gasteiger partial charge is 0.258 e. The minimum Gasteiger partial charge on any atom is -0.395 e. The van der Waals surface area contributed by atoms with Crippen LogP contribution in [0.25, 0.3) is 0 Å². The molecule has 1 aliphatic carbocycles. The number of nitrogens with one attached hydrogen (secondary N) is 3. The molecule has 3 aliphatic heterocycles. The number of aliphatic hydroxyl groups is 1. The summed E-state index contributed by atoms with van der Waals surface area (Å²) >= 11 is 0. The molecule has 194 valence electrons. The number of carbonyl (C=O) groups is 1. The number of hydrogen-bond acceptors (Lipinski definition) is 8. The van der Waals surface area contributed by atoms with Crippen LogP contribution in [0.2, 0.25) is 0 Å². The average Bonchev–Trinajstić information content (AvgIpc) is 3.68. The fourth-order valence-corrected chi connectivity index (χ4v) is 6.52. The Balaban J connectivity index is 1.46. The fraction of sp³-hybridized carbons (Fsp3) is 0.560. The number of nitrogens with zero attached hydrogens (tertiary/aromatic N) is 3. The molecule has 0 atom stereocenters. The van der Waals surface area contributed by atoms with Crippen molar-refractivity contribution in [1.29, 1.82) is 0 Å². The van der Waals surface area contributed by atoms with E-state index >= 15 is 0 Å². The van der Waals surface area contributed by atoms with Crippen LogP contribution in [0.1, 0.15) is 61.7 Å². The van der Waals surface area contributed by atoms with Crippen molar-refractivity contribution >= 4 is 39.1 Å². The van der Waals surface area contributed by atoms with E-state index in [1.807, 2.05) is 0 Å². The van der Waals surface area contributed by atoms with E-state index in [9.17, 15) is 18.3 Å². The summed E-state index contributed by atoms with van der Waals surface area (Å²) in [4.78, 5) is 24.2. The second-order valence-electron chi connectivity index (χ2n) is 10.1. The number of anilines is 4. The van der Waals surface area contributed by atoms with Gasteiger partial charge in [0.1, 0.15) is 10.6 Å². The molecule has 1 aromatic heterocycles. The molecule has 11 heteroatoms. The van der Waals surface area contributed by atoms with Gasteiger partial charge in [0.05, 0.1) is 23.5 Å². The van der Waals surface area contributed by atoms with Crippen LogP contribution in [-0.2, 0) is 10.0 Å². The summed E-state index contributed by atoms with van der Waals surface area (Å²) in [6.07, 6.45) is 9.12. The highest BCUT2D eigenvalue weighted by Crippen LogP contribution is 2.44. The van der Waals surface area contributed by atoms with Gasteiger partial charge in [0.2, 0.25) is 16.0 Å². The summed E-state index contributed by atoms with van der Waals surface area (Å²) < 4.78 is 27.3. The highest BCUT2D eigenvalue weighted by molar-refractivity contribution is 7.94. The zero-order chi connectivity index (χ0) is 25.2. The Morgan fingerprint density at radius 2 is 1.92 bits per heavy atom. The van der Waals surface area contributed by atoms with Crippen molar-refractivity contribution in [3.05, 3.63) is 36.0 Å². The largest absolute Gasteiger partial charge is 0.395 e. The van der Waals surface area contributed by atoms with Gasteiger partial charge in [-0.1, -0.05) is 19.3 Å². The van der Waals surface area contributed by atoms with E-state index in [4.69, 9.17) is 0 Å². The van der Waals surface area contributed by atoms with Crippen LogP contribution in [-0.4, -0.2) is 60.4 Å². The number of benzene rings is 1. The lowest BCUT2D eigenvalue weighted by Gasteiger charge is -2.35. The number of sulfonamides is 1. The lowest BCUT2D eigenvalue weighted by Crippen LogP contribution is -2.35. The molecule has 1 saturated carbocycles. The van der Waals surface area contributed by atoms with Gasteiger partial charge in [0.25, 0.3) is 5.91 Å². The van der Waals surface area contributed by atoms with Gasteiger partial charge in [-0.15, -0.1) is 0 Å². The van der Waals surface area contributed by atoms with Crippen LogP contribution in [0.15, 0.2) is 30.5 Å². The van der Waals surface area contributed by atoms with Gasteiger partial charge in [-0.05, 0) is 62.3 Å². The van der Waals surface area contributed by atoms with Crippen LogP contribution >= 0.6 is 0 Å². The molecule has 2 aromatic rings. The minimum atomic E-state index is -3.74. The van der Waals surface area contributed by atoms with E-state index in [0.717, 1.165) is 45.3 Å². The number of fused-ring (bicyclic) bond motifs is 8. The topological polar surface area (TPSA) is 137 Å². The molecule has 6 rings (SSSR count). The van der Waals surface area contributed by atoms with Crippen molar-refractivity contribution in [2.45, 2.75) is 56.1 Å². The van der Waals surface area contributed by atoms with Gasteiger partial charge in [0.15, 0.2) is 0 Å². The molecule has 36 heavy (non-hydrogen) atoms. The molecule has 0 spiro atoms. The van der Waals surface area contributed by atoms with Crippen molar-refractivity contribution in [2.75, 3.05) is 46.5 Å². The molecule has 4 aliphatic rings. The Kier molecular flexibility index (Phi) is 7.03. The molecule has 1 amide bonds. The van der Waals surface area contributed by atoms with Crippen molar-refractivity contribution in [2.24, 2.45) is 5.92 Å². The third-order valence-electron chi connectivity index (χ3n) is 7.59. The summed E-state index contributed by atoms with van der Waals surface area (Å²) in [7, 11) is -3.74. The fourth-order valence-electron chi connectivity index (χ4n) is 5.06. The van der Waals surface area contributed by atoms with Crippen LogP contribution in [0.4, 0.5) is 23.1 Å². The van der Waals surface area contributed by atoms with E-state index in [-0.39, 0.29) is 5.91 Å². The van der Waals surface area contributed by atoms with Crippen molar-refractivity contribution in [3.63, 3.8) is 0 Å². The first-order valence-electron chi connectivity index (χ1n) is 12.8. The summed E-state index contributed by atoms with van der Waals surface area (Å²) in [5.74, 6) is 1.21. The number of hydrogen-bond donors (Lipinski definition) is 4. The number of aliphatic hydroxyl groups excluding tert-OH is 1. The number of aromatic nitrogens is 2. The molecular weight excluding hydrogens is 480 g/mol. The Labute approximate surface area is 212 Å². The van der Waals surface area contributed by atoms with Gasteiger partial charge in [-0.25, -0.2) is 13.4 Å². The van der Waals surface area contributed by atoms with Crippen LogP contribution < -0.4 is 20.3 Å². The molecule has 1 saturated heterocycles. The van der Waals surface area contributed by atoms with Crippen molar-refractivity contribution in [1.82, 2.24) is 9.97 Å². The summed E-state index contributed by atoms with van der Waals surface area (Å²) in [5, 5.41) is 15.7. The number of amides is 1. The predicted octanol–water partition coefficient (Wildman–Crippen LogP) is 3.20. The van der Waals surface area contributed by atoms with Gasteiger partial charge >= 0.3 is 0 Å². The van der Waals surface area contributed by atoms with Crippen LogP contribution in [0, 0.1) is 5.92 Å². The first kappa shape index (κ1) is 24.8. The average molecular weight is 515 g/mol. The van der Waals surface area contributed by atoms with Gasteiger partial charge in [0, 0.05) is 25.8 Å². The second kappa shape index (κ2) is 10.2. The normalized spacial score (nSPS) is 20.6. The Morgan fingerprint density at radius 1 is 1.11 bits per heavy atom. The number of rotatable bonds is 4. The Bertz CT molecular complexity index is 1210. The summed E-state index contributed by atoms with van der Waals surface area (Å²) in [5.41, 5.74) is 1.54. The maximum absolute atomic E-state index is 13.4. The van der Waals surface area contributed by atoms with E-state index in [1.165, 1.54) is 12.8 Å². The van der Waals surface area contributed by atoms with E-state index in [2.05, 4.69) is 30.2 Å². The monoisotopic (exact) mass is 514 g/mol. The molecule has 4 N–H and O–H groups in total. The van der Waals surface area contributed by atoms with E-state index in [0.29, 0.717) is 47.5 Å². The predicted molar refractivity (Wildman–Crippen MR) is 140 cm³/mol. The summed E-state index contributed by atoms with van der Waals surface area (Å²) in [6.45, 7) is 2.00. The zero-order valence-electron chi connectivity index (χ0n) is 20.4. The molecule has 0 unspecified atom stereocenters. The molecule has 0 radical (unpaired) electrons.